The Bertz CT molecular complexity index is 53.6. The van der Waals surface area contributed by atoms with Crippen molar-refractivity contribution in [2.24, 2.45) is 0 Å². The van der Waals surface area contributed by atoms with E-state index in [1.165, 1.54) is 32.1 Å². The van der Waals surface area contributed by atoms with Crippen molar-refractivity contribution in [3.8, 4) is 0 Å². The molecule has 0 heterocycles. The van der Waals surface area contributed by atoms with E-state index in [0.29, 0.717) is 0 Å². The van der Waals surface area contributed by atoms with Gasteiger partial charge in [0.25, 0.3) is 0 Å². The van der Waals surface area contributed by atoms with Gasteiger partial charge < -0.3 is 4.74 Å². The third-order valence-electron chi connectivity index (χ3n) is 1.90. The molecule has 0 radical (unpaired) electrons. The molecule has 14 heavy (non-hydrogen) atoms. The smallest absolute Gasteiger partial charge is 0.0463 e. The van der Waals surface area contributed by atoms with Gasteiger partial charge in [-0.25, -0.2) is 0 Å². The van der Waals surface area contributed by atoms with E-state index in [1.54, 1.807) is 0 Å². The van der Waals surface area contributed by atoms with Crippen LogP contribution in [0.15, 0.2) is 0 Å². The van der Waals surface area contributed by atoms with Crippen LogP contribution in [0.1, 0.15) is 72.6 Å². The molecule has 88 valence electrons. The van der Waals surface area contributed by atoms with E-state index in [0.717, 1.165) is 26.1 Å². The highest BCUT2D eigenvalue weighted by atomic mass is 16.5. The molecule has 0 fully saturated rings. The van der Waals surface area contributed by atoms with E-state index in [9.17, 15) is 0 Å². The molecular formula is C13H30O. The summed E-state index contributed by atoms with van der Waals surface area (Å²) in [5.41, 5.74) is 0. The molecule has 0 amide bonds. The maximum Gasteiger partial charge on any atom is 0.0463 e. The van der Waals surface area contributed by atoms with Gasteiger partial charge in [0.2, 0.25) is 0 Å². The molecule has 0 atom stereocenters. The average Bonchev–Trinajstić information content (AvgIpc) is 2.21. The van der Waals surface area contributed by atoms with Crippen LogP contribution in [0, 0.1) is 0 Å². The molecular weight excluding hydrogens is 172 g/mol. The highest BCUT2D eigenvalue weighted by Crippen LogP contribution is 2.00. The monoisotopic (exact) mass is 202 g/mol. The van der Waals surface area contributed by atoms with E-state index >= 15 is 0 Å². The van der Waals surface area contributed by atoms with E-state index in [-0.39, 0.29) is 0 Å². The fourth-order valence-corrected chi connectivity index (χ4v) is 1.07. The van der Waals surface area contributed by atoms with Crippen LogP contribution in [0.5, 0.6) is 0 Å². The molecule has 0 aliphatic heterocycles. The summed E-state index contributed by atoms with van der Waals surface area (Å²) >= 11 is 0. The van der Waals surface area contributed by atoms with Gasteiger partial charge in [0.1, 0.15) is 0 Å². The first-order valence-electron chi connectivity index (χ1n) is 6.41. The summed E-state index contributed by atoms with van der Waals surface area (Å²) < 4.78 is 5.13. The third kappa shape index (κ3) is 22.7. The van der Waals surface area contributed by atoms with Crippen LogP contribution >= 0.6 is 0 Å². The second-order valence-corrected chi connectivity index (χ2v) is 3.67. The van der Waals surface area contributed by atoms with Gasteiger partial charge in [-0.05, 0) is 12.8 Å². The zero-order chi connectivity index (χ0) is 11.1. The Morgan fingerprint density at radius 2 is 1.00 bits per heavy atom. The van der Waals surface area contributed by atoms with Gasteiger partial charge in [0.05, 0.1) is 0 Å². The molecule has 0 unspecified atom stereocenters. The minimum Gasteiger partial charge on any atom is -0.381 e. The highest BCUT2D eigenvalue weighted by Gasteiger charge is 1.80. The highest BCUT2D eigenvalue weighted by molar-refractivity contribution is 4.35. The molecule has 1 nitrogen and oxygen atoms in total. The lowest BCUT2D eigenvalue weighted by Gasteiger charge is -1.95. The van der Waals surface area contributed by atoms with E-state index in [1.807, 2.05) is 0 Å². The van der Waals surface area contributed by atoms with Crippen LogP contribution in [0.3, 0.4) is 0 Å². The summed E-state index contributed by atoms with van der Waals surface area (Å²) in [5.74, 6) is 0. The van der Waals surface area contributed by atoms with Crippen molar-refractivity contribution < 1.29 is 4.74 Å². The first kappa shape index (κ1) is 16.4. The van der Waals surface area contributed by atoms with Crippen molar-refractivity contribution in [2.45, 2.75) is 72.6 Å². The van der Waals surface area contributed by atoms with Gasteiger partial charge >= 0.3 is 0 Å². The standard InChI is InChI=1S/C7H16.C6H14O/c2*1-3-5-7-6-4-2/h3-7H2,1-2H3;3-6H2,1-2H3. The van der Waals surface area contributed by atoms with Gasteiger partial charge in [-0.3, -0.25) is 0 Å². The summed E-state index contributed by atoms with van der Waals surface area (Å²) in [6.07, 6.45) is 9.29. The summed E-state index contributed by atoms with van der Waals surface area (Å²) in [7, 11) is 0. The minimum atomic E-state index is 0.924. The lowest BCUT2D eigenvalue weighted by molar-refractivity contribution is 0.135. The van der Waals surface area contributed by atoms with E-state index in [4.69, 9.17) is 4.74 Å². The number of ether oxygens (including phenoxy) is 1. The summed E-state index contributed by atoms with van der Waals surface area (Å²) in [6.45, 7) is 10.6. The molecule has 0 saturated carbocycles. The predicted molar refractivity (Wildman–Crippen MR) is 65.8 cm³/mol. The first-order valence-corrected chi connectivity index (χ1v) is 6.41. The van der Waals surface area contributed by atoms with E-state index < -0.39 is 0 Å². The van der Waals surface area contributed by atoms with Crippen LogP contribution in [0.2, 0.25) is 0 Å². The summed E-state index contributed by atoms with van der Waals surface area (Å²) in [6, 6.07) is 0. The molecule has 0 aromatic heterocycles. The van der Waals surface area contributed by atoms with Crippen LogP contribution in [0.25, 0.3) is 0 Å². The van der Waals surface area contributed by atoms with Crippen LogP contribution in [0.4, 0.5) is 0 Å². The number of hydrogen-bond acceptors (Lipinski definition) is 1. The lowest BCUT2D eigenvalue weighted by atomic mass is 10.2. The predicted octanol–water partition coefficient (Wildman–Crippen LogP) is 4.80. The molecule has 0 rings (SSSR count). The Morgan fingerprint density at radius 1 is 0.571 bits per heavy atom. The molecule has 0 spiro atoms. The maximum absolute atomic E-state index is 5.13. The molecule has 0 N–H and O–H groups in total. The second-order valence-electron chi connectivity index (χ2n) is 3.67. The lowest BCUT2D eigenvalue weighted by Crippen LogP contribution is -1.92. The molecule has 0 aliphatic rings. The van der Waals surface area contributed by atoms with Crippen molar-refractivity contribution in [1.29, 1.82) is 0 Å². The van der Waals surface area contributed by atoms with Crippen molar-refractivity contribution >= 4 is 0 Å². The van der Waals surface area contributed by atoms with Gasteiger partial charge in [-0.2, -0.15) is 0 Å². The Labute approximate surface area is 91.2 Å². The van der Waals surface area contributed by atoms with Crippen molar-refractivity contribution in [2.75, 3.05) is 13.2 Å². The van der Waals surface area contributed by atoms with Crippen molar-refractivity contribution in [3.05, 3.63) is 0 Å². The third-order valence-corrected chi connectivity index (χ3v) is 1.90. The Balaban J connectivity index is 0. The number of rotatable bonds is 8. The fraction of sp³-hybridized carbons (Fsp3) is 1.00. The van der Waals surface area contributed by atoms with Crippen molar-refractivity contribution in [3.63, 3.8) is 0 Å². The number of hydrogen-bond donors (Lipinski definition) is 0. The van der Waals surface area contributed by atoms with Gasteiger partial charge in [0.15, 0.2) is 0 Å². The van der Waals surface area contributed by atoms with E-state index in [2.05, 4.69) is 27.7 Å². The van der Waals surface area contributed by atoms with Gasteiger partial charge in [0, 0.05) is 13.2 Å². The average molecular weight is 202 g/mol. The van der Waals surface area contributed by atoms with Gasteiger partial charge in [-0.15, -0.1) is 0 Å². The largest absolute Gasteiger partial charge is 0.381 e. The Kier molecular flexibility index (Phi) is 21.9. The molecule has 0 aliphatic carbocycles. The SMILES string of the molecule is CCCCCCC.CCCOCCC. The van der Waals surface area contributed by atoms with Gasteiger partial charge in [-0.1, -0.05) is 59.8 Å². The Morgan fingerprint density at radius 3 is 1.29 bits per heavy atom. The molecule has 1 heteroatoms. The number of unbranched alkanes of at least 4 members (excludes halogenated alkanes) is 4. The normalized spacial score (nSPS) is 9.43. The second kappa shape index (κ2) is 18.7. The first-order chi connectivity index (χ1) is 6.83. The minimum absolute atomic E-state index is 0.924. The van der Waals surface area contributed by atoms with Crippen LogP contribution in [-0.4, -0.2) is 13.2 Å². The summed E-state index contributed by atoms with van der Waals surface area (Å²) in [4.78, 5) is 0. The summed E-state index contributed by atoms with van der Waals surface area (Å²) in [5, 5.41) is 0. The molecule has 0 aromatic rings. The zero-order valence-corrected chi connectivity index (χ0v) is 10.8. The topological polar surface area (TPSA) is 9.23 Å². The molecule has 0 bridgehead atoms. The van der Waals surface area contributed by atoms with Crippen molar-refractivity contribution in [1.82, 2.24) is 0 Å². The van der Waals surface area contributed by atoms with Crippen LogP contribution < -0.4 is 0 Å². The zero-order valence-electron chi connectivity index (χ0n) is 10.8. The molecule has 0 saturated heterocycles. The van der Waals surface area contributed by atoms with Crippen LogP contribution in [-0.2, 0) is 4.74 Å². The Hall–Kier alpha value is -0.0400. The fourth-order valence-electron chi connectivity index (χ4n) is 1.07. The quantitative estimate of drug-likeness (QED) is 0.514. The maximum atomic E-state index is 5.13. The molecule has 0 aromatic carbocycles.